The van der Waals surface area contributed by atoms with E-state index in [4.69, 9.17) is 0 Å². The highest BCUT2D eigenvalue weighted by Gasteiger charge is 2.23. The molecule has 2 nitrogen and oxygen atoms in total. The highest BCUT2D eigenvalue weighted by molar-refractivity contribution is 9.10. The van der Waals surface area contributed by atoms with Crippen molar-refractivity contribution >= 4 is 15.9 Å². The van der Waals surface area contributed by atoms with Gasteiger partial charge < -0.3 is 5.11 Å². The molecule has 0 radical (unpaired) electrons. The summed E-state index contributed by atoms with van der Waals surface area (Å²) in [5.74, 6) is 0. The van der Waals surface area contributed by atoms with Crippen LogP contribution in [-0.2, 0) is 6.42 Å². The first-order chi connectivity index (χ1) is 6.80. The molecular formula is C12H18BrNO. The number of aliphatic hydroxyl groups excluding tert-OH is 1. The molecule has 1 heterocycles. The van der Waals surface area contributed by atoms with Crippen molar-refractivity contribution in [2.24, 2.45) is 5.41 Å². The fraction of sp³-hybridized carbons (Fsp3) is 0.583. The van der Waals surface area contributed by atoms with E-state index in [0.717, 1.165) is 15.7 Å². The van der Waals surface area contributed by atoms with E-state index in [1.54, 1.807) is 6.20 Å². The highest BCUT2D eigenvalue weighted by atomic mass is 79.9. The van der Waals surface area contributed by atoms with Crippen LogP contribution in [-0.4, -0.2) is 16.2 Å². The molecule has 0 aromatic carbocycles. The Kier molecular flexibility index (Phi) is 3.90. The molecule has 1 N–H and O–H groups in total. The van der Waals surface area contributed by atoms with E-state index >= 15 is 0 Å². The predicted octanol–water partition coefficient (Wildman–Crippen LogP) is 3.10. The van der Waals surface area contributed by atoms with Crippen LogP contribution in [0.4, 0.5) is 0 Å². The molecule has 0 aliphatic rings. The number of pyridine rings is 1. The molecule has 0 aliphatic heterocycles. The van der Waals surface area contributed by atoms with E-state index in [9.17, 15) is 5.11 Å². The topological polar surface area (TPSA) is 33.1 Å². The van der Waals surface area contributed by atoms with E-state index in [0.29, 0.717) is 6.42 Å². The number of rotatable bonds is 2. The molecule has 84 valence electrons. The van der Waals surface area contributed by atoms with Crippen molar-refractivity contribution in [3.05, 3.63) is 28.0 Å². The van der Waals surface area contributed by atoms with Gasteiger partial charge in [-0.05, 0) is 39.9 Å². The lowest BCUT2D eigenvalue weighted by atomic mass is 9.86. The molecule has 1 unspecified atom stereocenters. The third kappa shape index (κ3) is 3.58. The summed E-state index contributed by atoms with van der Waals surface area (Å²) < 4.78 is 0.981. The first kappa shape index (κ1) is 12.7. The number of aromatic nitrogens is 1. The van der Waals surface area contributed by atoms with Crippen molar-refractivity contribution in [1.29, 1.82) is 0 Å². The third-order valence-corrected chi connectivity index (χ3v) is 2.97. The van der Waals surface area contributed by atoms with Gasteiger partial charge in [-0.15, -0.1) is 0 Å². The molecule has 1 rings (SSSR count). The van der Waals surface area contributed by atoms with Gasteiger partial charge in [-0.1, -0.05) is 20.8 Å². The zero-order valence-electron chi connectivity index (χ0n) is 9.71. The van der Waals surface area contributed by atoms with Crippen molar-refractivity contribution in [2.45, 2.75) is 40.2 Å². The fourth-order valence-electron chi connectivity index (χ4n) is 1.27. The van der Waals surface area contributed by atoms with Gasteiger partial charge in [0.1, 0.15) is 0 Å². The summed E-state index contributed by atoms with van der Waals surface area (Å²) in [6, 6.07) is 2.03. The Balaban J connectivity index is 2.82. The van der Waals surface area contributed by atoms with Gasteiger partial charge in [0.05, 0.1) is 6.10 Å². The van der Waals surface area contributed by atoms with Gasteiger partial charge in [0.2, 0.25) is 0 Å². The second-order valence-electron chi connectivity index (χ2n) is 5.00. The van der Waals surface area contributed by atoms with Crippen LogP contribution in [0.1, 0.15) is 32.0 Å². The largest absolute Gasteiger partial charge is 0.392 e. The Hall–Kier alpha value is -0.410. The van der Waals surface area contributed by atoms with Gasteiger partial charge in [0.15, 0.2) is 0 Å². The van der Waals surface area contributed by atoms with Crippen molar-refractivity contribution in [3.8, 4) is 0 Å². The Labute approximate surface area is 99.9 Å². The molecule has 1 aromatic rings. The van der Waals surface area contributed by atoms with E-state index < -0.39 is 0 Å². The molecule has 15 heavy (non-hydrogen) atoms. The van der Waals surface area contributed by atoms with E-state index in [-0.39, 0.29) is 11.5 Å². The zero-order valence-corrected chi connectivity index (χ0v) is 11.3. The number of aliphatic hydroxyl groups is 1. The molecule has 0 aliphatic carbocycles. The standard InChI is InChI=1S/C12H18BrNO/c1-8-5-9(13)7-14-10(8)6-11(15)12(2,3)4/h5,7,11,15H,6H2,1-4H3. The Bertz CT molecular complexity index is 344. The minimum Gasteiger partial charge on any atom is -0.392 e. The maximum absolute atomic E-state index is 9.98. The molecule has 3 heteroatoms. The van der Waals surface area contributed by atoms with Gasteiger partial charge in [0, 0.05) is 22.8 Å². The van der Waals surface area contributed by atoms with Crippen LogP contribution in [0.15, 0.2) is 16.7 Å². The third-order valence-electron chi connectivity index (χ3n) is 2.54. The molecule has 1 atom stereocenters. The summed E-state index contributed by atoms with van der Waals surface area (Å²) in [5, 5.41) is 9.98. The summed E-state index contributed by atoms with van der Waals surface area (Å²) in [4.78, 5) is 4.32. The maximum Gasteiger partial charge on any atom is 0.0643 e. The van der Waals surface area contributed by atoms with Crippen LogP contribution in [0.5, 0.6) is 0 Å². The van der Waals surface area contributed by atoms with Crippen LogP contribution < -0.4 is 0 Å². The molecule has 0 amide bonds. The van der Waals surface area contributed by atoms with Crippen LogP contribution >= 0.6 is 15.9 Å². The summed E-state index contributed by atoms with van der Waals surface area (Å²) in [7, 11) is 0. The quantitative estimate of drug-likeness (QED) is 0.897. The summed E-state index contributed by atoms with van der Waals surface area (Å²) in [6.45, 7) is 8.12. The molecule has 0 bridgehead atoms. The minimum absolute atomic E-state index is 0.0960. The average Bonchev–Trinajstić information content (AvgIpc) is 2.08. The number of nitrogens with zero attached hydrogens (tertiary/aromatic N) is 1. The molecule has 0 spiro atoms. The molecule has 0 fully saturated rings. The lowest BCUT2D eigenvalue weighted by Crippen LogP contribution is -2.28. The normalized spacial score (nSPS) is 14.0. The summed E-state index contributed by atoms with van der Waals surface area (Å²) in [5.41, 5.74) is 1.99. The van der Waals surface area contributed by atoms with Gasteiger partial charge in [0.25, 0.3) is 0 Å². The van der Waals surface area contributed by atoms with Crippen molar-refractivity contribution in [1.82, 2.24) is 4.98 Å². The molecular weight excluding hydrogens is 254 g/mol. The second kappa shape index (κ2) is 4.62. The predicted molar refractivity (Wildman–Crippen MR) is 65.8 cm³/mol. The lowest BCUT2D eigenvalue weighted by molar-refractivity contribution is 0.0626. The SMILES string of the molecule is Cc1cc(Br)cnc1CC(O)C(C)(C)C. The number of aryl methyl sites for hydroxylation is 1. The smallest absolute Gasteiger partial charge is 0.0643 e. The first-order valence-corrected chi connectivity index (χ1v) is 5.89. The minimum atomic E-state index is -0.357. The van der Waals surface area contributed by atoms with Crippen molar-refractivity contribution < 1.29 is 5.11 Å². The maximum atomic E-state index is 9.98. The van der Waals surface area contributed by atoms with Crippen LogP contribution in [0.3, 0.4) is 0 Å². The van der Waals surface area contributed by atoms with Crippen molar-refractivity contribution in [2.75, 3.05) is 0 Å². The van der Waals surface area contributed by atoms with E-state index in [1.165, 1.54) is 0 Å². The van der Waals surface area contributed by atoms with Gasteiger partial charge in [-0.2, -0.15) is 0 Å². The van der Waals surface area contributed by atoms with E-state index in [1.807, 2.05) is 33.8 Å². The number of hydrogen-bond donors (Lipinski definition) is 1. The molecule has 1 aromatic heterocycles. The van der Waals surface area contributed by atoms with Gasteiger partial charge in [-0.25, -0.2) is 0 Å². The zero-order chi connectivity index (χ0) is 11.6. The monoisotopic (exact) mass is 271 g/mol. The van der Waals surface area contributed by atoms with E-state index in [2.05, 4.69) is 20.9 Å². The van der Waals surface area contributed by atoms with Crippen molar-refractivity contribution in [3.63, 3.8) is 0 Å². The summed E-state index contributed by atoms with van der Waals surface area (Å²) >= 11 is 3.38. The molecule has 0 saturated heterocycles. The van der Waals surface area contributed by atoms with Crippen LogP contribution in [0.2, 0.25) is 0 Å². The van der Waals surface area contributed by atoms with Crippen LogP contribution in [0, 0.1) is 12.3 Å². The van der Waals surface area contributed by atoms with Crippen LogP contribution in [0.25, 0.3) is 0 Å². The highest BCUT2D eigenvalue weighted by Crippen LogP contribution is 2.23. The molecule has 0 saturated carbocycles. The Morgan fingerprint density at radius 2 is 2.07 bits per heavy atom. The van der Waals surface area contributed by atoms with Gasteiger partial charge >= 0.3 is 0 Å². The number of hydrogen-bond acceptors (Lipinski definition) is 2. The fourth-order valence-corrected chi connectivity index (χ4v) is 1.72. The first-order valence-electron chi connectivity index (χ1n) is 5.10. The Morgan fingerprint density at radius 1 is 1.47 bits per heavy atom. The van der Waals surface area contributed by atoms with Gasteiger partial charge in [-0.3, -0.25) is 4.98 Å². The lowest BCUT2D eigenvalue weighted by Gasteiger charge is -2.25. The number of halogens is 1. The summed E-state index contributed by atoms with van der Waals surface area (Å²) in [6.07, 6.45) is 2.03. The second-order valence-corrected chi connectivity index (χ2v) is 5.92. The Morgan fingerprint density at radius 3 is 2.53 bits per heavy atom. The average molecular weight is 272 g/mol.